The monoisotopic (exact) mass is 310 g/mol. The van der Waals surface area contributed by atoms with Crippen molar-refractivity contribution in [3.05, 3.63) is 34.4 Å². The molecule has 1 aromatic rings. The molecule has 0 heterocycles. The van der Waals surface area contributed by atoms with Crippen molar-refractivity contribution >= 4 is 15.5 Å². The molecule has 0 aliphatic heterocycles. The molecule has 0 atom stereocenters. The number of para-hydroxylation sites is 1. The van der Waals surface area contributed by atoms with Gasteiger partial charge in [-0.3, -0.25) is 10.1 Å². The van der Waals surface area contributed by atoms with E-state index in [1.165, 1.54) is 24.3 Å². The highest BCUT2D eigenvalue weighted by Gasteiger charge is 2.25. The van der Waals surface area contributed by atoms with Crippen LogP contribution in [0.3, 0.4) is 0 Å². The maximum absolute atomic E-state index is 12.2. The summed E-state index contributed by atoms with van der Waals surface area (Å²) in [6.45, 7) is 3.59. The summed E-state index contributed by atoms with van der Waals surface area (Å²) in [6.07, 6.45) is 1.55. The van der Waals surface area contributed by atoms with Crippen molar-refractivity contribution in [2.45, 2.75) is 38.0 Å². The van der Waals surface area contributed by atoms with E-state index in [9.17, 15) is 18.5 Å². The van der Waals surface area contributed by atoms with Crippen molar-refractivity contribution < 1.29 is 13.3 Å². The molecular formula is C14H18N2O4S. The fourth-order valence-corrected chi connectivity index (χ4v) is 3.45. The average molecular weight is 310 g/mol. The number of nitriles is 1. The number of rotatable bonds is 7. The maximum atomic E-state index is 12.2. The first-order chi connectivity index (χ1) is 9.69. The van der Waals surface area contributed by atoms with Gasteiger partial charge in [0, 0.05) is 6.07 Å². The van der Waals surface area contributed by atoms with Gasteiger partial charge in [-0.2, -0.15) is 5.26 Å². The van der Waals surface area contributed by atoms with Crippen LogP contribution >= 0.6 is 0 Å². The highest BCUT2D eigenvalue weighted by atomic mass is 32.2. The van der Waals surface area contributed by atoms with Crippen LogP contribution in [-0.4, -0.2) is 19.1 Å². The Hall–Kier alpha value is -1.94. The van der Waals surface area contributed by atoms with E-state index in [1.807, 2.05) is 0 Å². The second kappa shape index (κ2) is 6.68. The molecule has 0 saturated carbocycles. The first-order valence-electron chi connectivity index (χ1n) is 6.57. The van der Waals surface area contributed by atoms with Crippen LogP contribution < -0.4 is 0 Å². The number of hydrogen-bond acceptors (Lipinski definition) is 5. The van der Waals surface area contributed by atoms with Gasteiger partial charge in [-0.15, -0.1) is 0 Å². The van der Waals surface area contributed by atoms with E-state index >= 15 is 0 Å². The molecule has 114 valence electrons. The van der Waals surface area contributed by atoms with Gasteiger partial charge in [-0.25, -0.2) is 8.42 Å². The Morgan fingerprint density at radius 2 is 1.90 bits per heavy atom. The van der Waals surface area contributed by atoms with E-state index < -0.39 is 25.9 Å². The minimum absolute atomic E-state index is 0.153. The van der Waals surface area contributed by atoms with Crippen LogP contribution in [0.2, 0.25) is 0 Å². The third-order valence-electron chi connectivity index (χ3n) is 3.16. The predicted molar refractivity (Wildman–Crippen MR) is 78.4 cm³/mol. The van der Waals surface area contributed by atoms with Gasteiger partial charge >= 0.3 is 0 Å². The average Bonchev–Trinajstić information content (AvgIpc) is 2.43. The lowest BCUT2D eigenvalue weighted by molar-refractivity contribution is -0.387. The third kappa shape index (κ3) is 4.83. The number of sulfone groups is 1. The number of nitro benzene ring substituents is 1. The largest absolute Gasteiger partial charge is 0.287 e. The van der Waals surface area contributed by atoms with Crippen LogP contribution in [0.4, 0.5) is 5.69 Å². The lowest BCUT2D eigenvalue weighted by Gasteiger charge is -2.14. The normalized spacial score (nSPS) is 11.9. The highest BCUT2D eigenvalue weighted by molar-refractivity contribution is 7.91. The molecule has 0 aliphatic rings. The fraction of sp³-hybridized carbons (Fsp3) is 0.500. The number of unbranched alkanes of at least 4 members (excludes halogenated alkanes) is 1. The zero-order chi connectivity index (χ0) is 16.1. The van der Waals surface area contributed by atoms with Crippen LogP contribution in [0.5, 0.6) is 0 Å². The second-order valence-electron chi connectivity index (χ2n) is 5.50. The third-order valence-corrected chi connectivity index (χ3v) is 5.01. The molecule has 0 fully saturated rings. The zero-order valence-electron chi connectivity index (χ0n) is 12.1. The topological polar surface area (TPSA) is 101 Å². The standard InChI is InChI=1S/C14H18N2O4S/c1-14(2,11-15)9-5-6-10-21(19,20)13-8-4-3-7-12(13)16(17)18/h3-4,7-8H,5-6,9-10H2,1-2H3. The molecule has 7 heteroatoms. The Morgan fingerprint density at radius 3 is 2.48 bits per heavy atom. The first-order valence-corrected chi connectivity index (χ1v) is 8.22. The molecular weight excluding hydrogens is 292 g/mol. The molecule has 6 nitrogen and oxygen atoms in total. The number of hydrogen-bond donors (Lipinski definition) is 0. The molecule has 0 amide bonds. The smallest absolute Gasteiger partial charge is 0.258 e. The van der Waals surface area contributed by atoms with Gasteiger partial charge in [-0.05, 0) is 32.8 Å². The molecule has 1 aromatic carbocycles. The summed E-state index contributed by atoms with van der Waals surface area (Å²) in [6, 6.07) is 7.51. The molecule has 0 saturated heterocycles. The van der Waals surface area contributed by atoms with E-state index in [0.29, 0.717) is 19.3 Å². The summed E-state index contributed by atoms with van der Waals surface area (Å²) in [5, 5.41) is 19.8. The van der Waals surface area contributed by atoms with Crippen LogP contribution in [0.1, 0.15) is 33.1 Å². The predicted octanol–water partition coefficient (Wildman–Crippen LogP) is 3.09. The SMILES string of the molecule is CC(C)(C#N)CCCCS(=O)(=O)c1ccccc1[N+](=O)[O-]. The minimum Gasteiger partial charge on any atom is -0.258 e. The lowest BCUT2D eigenvalue weighted by atomic mass is 9.89. The summed E-state index contributed by atoms with van der Waals surface area (Å²) in [5.74, 6) is -0.153. The van der Waals surface area contributed by atoms with Gasteiger partial charge in [0.05, 0.1) is 22.2 Å². The molecule has 0 radical (unpaired) electrons. The summed E-state index contributed by atoms with van der Waals surface area (Å²) in [4.78, 5) is 9.94. The lowest BCUT2D eigenvalue weighted by Crippen LogP contribution is -2.11. The molecule has 0 aromatic heterocycles. The Labute approximate surface area is 124 Å². The van der Waals surface area contributed by atoms with Gasteiger partial charge in [0.15, 0.2) is 9.84 Å². The van der Waals surface area contributed by atoms with Gasteiger partial charge in [0.25, 0.3) is 5.69 Å². The molecule has 0 N–H and O–H groups in total. The quantitative estimate of drug-likeness (QED) is 0.437. The Kier molecular flexibility index (Phi) is 5.44. The molecule has 0 unspecified atom stereocenters. The molecule has 0 spiro atoms. The summed E-state index contributed by atoms with van der Waals surface area (Å²) < 4.78 is 24.4. The molecule has 0 aliphatic carbocycles. The molecule has 21 heavy (non-hydrogen) atoms. The van der Waals surface area contributed by atoms with Crippen molar-refractivity contribution in [3.8, 4) is 6.07 Å². The van der Waals surface area contributed by atoms with Crippen molar-refractivity contribution in [1.82, 2.24) is 0 Å². The van der Waals surface area contributed by atoms with E-state index in [0.717, 1.165) is 0 Å². The van der Waals surface area contributed by atoms with E-state index in [4.69, 9.17) is 5.26 Å². The van der Waals surface area contributed by atoms with Gasteiger partial charge < -0.3 is 0 Å². The Morgan fingerprint density at radius 1 is 1.29 bits per heavy atom. The van der Waals surface area contributed by atoms with Crippen LogP contribution in [0, 0.1) is 26.9 Å². The summed E-state index contributed by atoms with van der Waals surface area (Å²) in [5.41, 5.74) is -0.877. The molecule has 0 bridgehead atoms. The van der Waals surface area contributed by atoms with Crippen LogP contribution in [-0.2, 0) is 9.84 Å². The fourth-order valence-electron chi connectivity index (χ4n) is 1.90. The Bertz CT molecular complexity index is 660. The van der Waals surface area contributed by atoms with Crippen molar-refractivity contribution in [2.75, 3.05) is 5.75 Å². The number of nitrogens with zero attached hydrogens (tertiary/aromatic N) is 2. The van der Waals surface area contributed by atoms with E-state index in [2.05, 4.69) is 6.07 Å². The number of nitro groups is 1. The molecule has 1 rings (SSSR count). The van der Waals surface area contributed by atoms with Crippen LogP contribution in [0.25, 0.3) is 0 Å². The number of benzene rings is 1. The second-order valence-corrected chi connectivity index (χ2v) is 7.57. The summed E-state index contributed by atoms with van der Waals surface area (Å²) in [7, 11) is -3.68. The van der Waals surface area contributed by atoms with Gasteiger partial charge in [0.1, 0.15) is 4.90 Å². The van der Waals surface area contributed by atoms with E-state index in [1.54, 1.807) is 13.8 Å². The maximum Gasteiger partial charge on any atom is 0.287 e. The van der Waals surface area contributed by atoms with Gasteiger partial charge in [-0.1, -0.05) is 18.6 Å². The van der Waals surface area contributed by atoms with Crippen molar-refractivity contribution in [1.29, 1.82) is 5.26 Å². The van der Waals surface area contributed by atoms with Gasteiger partial charge in [0.2, 0.25) is 0 Å². The minimum atomic E-state index is -3.68. The Balaban J connectivity index is 2.76. The van der Waals surface area contributed by atoms with Crippen LogP contribution in [0.15, 0.2) is 29.2 Å². The summed E-state index contributed by atoms with van der Waals surface area (Å²) >= 11 is 0. The first kappa shape index (κ1) is 17.1. The zero-order valence-corrected chi connectivity index (χ0v) is 12.9. The van der Waals surface area contributed by atoms with Crippen molar-refractivity contribution in [3.63, 3.8) is 0 Å². The highest BCUT2D eigenvalue weighted by Crippen LogP contribution is 2.26. The van der Waals surface area contributed by atoms with E-state index in [-0.39, 0.29) is 10.6 Å². The van der Waals surface area contributed by atoms with Crippen molar-refractivity contribution in [2.24, 2.45) is 5.41 Å².